The average molecular weight is 296 g/mol. The van der Waals surface area contributed by atoms with Crippen LogP contribution in [0.5, 0.6) is 0 Å². The zero-order valence-corrected chi connectivity index (χ0v) is 13.4. The number of hydrogen-bond acceptors (Lipinski definition) is 2. The number of hydrogen-bond donors (Lipinski definition) is 1. The summed E-state index contributed by atoms with van der Waals surface area (Å²) < 4.78 is 0. The van der Waals surface area contributed by atoms with Gasteiger partial charge in [-0.05, 0) is 50.2 Å². The summed E-state index contributed by atoms with van der Waals surface area (Å²) in [7, 11) is 0. The molecule has 0 heterocycles. The summed E-state index contributed by atoms with van der Waals surface area (Å²) >= 11 is 0. The van der Waals surface area contributed by atoms with Gasteiger partial charge in [-0.3, -0.25) is 4.79 Å². The maximum absolute atomic E-state index is 11.9. The van der Waals surface area contributed by atoms with Gasteiger partial charge in [-0.15, -0.1) is 0 Å². The molecule has 2 rings (SSSR count). The Balaban J connectivity index is 1.87. The first-order chi connectivity index (χ1) is 10.6. The fourth-order valence-electron chi connectivity index (χ4n) is 2.51. The van der Waals surface area contributed by atoms with E-state index in [1.807, 2.05) is 37.3 Å². The summed E-state index contributed by atoms with van der Waals surface area (Å²) in [5, 5.41) is 4.32. The van der Waals surface area contributed by atoms with Crippen molar-refractivity contribution in [2.75, 3.05) is 0 Å². The molecule has 0 bridgehead atoms. The van der Waals surface area contributed by atoms with E-state index < -0.39 is 0 Å². The molecule has 0 aliphatic heterocycles. The van der Waals surface area contributed by atoms with Gasteiger partial charge in [-0.2, -0.15) is 5.10 Å². The number of aryl methyl sites for hydroxylation is 1. The van der Waals surface area contributed by atoms with Crippen LogP contribution in [0.2, 0.25) is 0 Å². The van der Waals surface area contributed by atoms with Crippen molar-refractivity contribution in [2.45, 2.75) is 39.5 Å². The van der Waals surface area contributed by atoms with E-state index >= 15 is 0 Å². The molecule has 0 spiro atoms. The van der Waals surface area contributed by atoms with Gasteiger partial charge in [0, 0.05) is 6.42 Å². The summed E-state index contributed by atoms with van der Waals surface area (Å²) in [6.45, 7) is 8.12. The summed E-state index contributed by atoms with van der Waals surface area (Å²) in [5.41, 5.74) is 7.15. The number of allylic oxidation sites excluding steroid dienone is 3. The number of nitrogens with one attached hydrogen (secondary N) is 1. The molecule has 0 saturated heterocycles. The van der Waals surface area contributed by atoms with Crippen molar-refractivity contribution in [3.63, 3.8) is 0 Å². The van der Waals surface area contributed by atoms with Crippen LogP contribution in [0.25, 0.3) is 0 Å². The summed E-state index contributed by atoms with van der Waals surface area (Å²) in [6.07, 6.45) is 5.24. The van der Waals surface area contributed by atoms with E-state index in [4.69, 9.17) is 0 Å². The molecule has 0 unspecified atom stereocenters. The number of carbonyl (C=O) groups excluding carboxylic acids is 1. The Kier molecular flexibility index (Phi) is 5.70. The maximum Gasteiger partial charge on any atom is 0.240 e. The molecule has 1 aromatic rings. The number of hydrazone groups is 1. The first-order valence-corrected chi connectivity index (χ1v) is 7.78. The van der Waals surface area contributed by atoms with E-state index in [2.05, 4.69) is 30.1 Å². The third kappa shape index (κ3) is 4.69. The third-order valence-corrected chi connectivity index (χ3v) is 4.10. The van der Waals surface area contributed by atoms with E-state index in [1.165, 1.54) is 11.1 Å². The van der Waals surface area contributed by atoms with E-state index in [0.717, 1.165) is 30.5 Å². The van der Waals surface area contributed by atoms with Crippen molar-refractivity contribution in [2.24, 2.45) is 11.0 Å². The molecule has 0 fully saturated rings. The lowest BCUT2D eigenvalue weighted by molar-refractivity contribution is -0.121. The van der Waals surface area contributed by atoms with Gasteiger partial charge in [0.15, 0.2) is 0 Å². The van der Waals surface area contributed by atoms with Crippen molar-refractivity contribution < 1.29 is 4.79 Å². The highest BCUT2D eigenvalue weighted by Gasteiger charge is 2.18. The van der Waals surface area contributed by atoms with Crippen LogP contribution in [0, 0.1) is 5.92 Å². The van der Waals surface area contributed by atoms with Gasteiger partial charge in [0.25, 0.3) is 0 Å². The summed E-state index contributed by atoms with van der Waals surface area (Å²) in [6, 6.07) is 10.0. The molecular weight excluding hydrogens is 272 g/mol. The summed E-state index contributed by atoms with van der Waals surface area (Å²) in [4.78, 5) is 11.9. The van der Waals surface area contributed by atoms with Gasteiger partial charge in [-0.1, -0.05) is 48.6 Å². The minimum absolute atomic E-state index is 0.0402. The molecule has 22 heavy (non-hydrogen) atoms. The maximum atomic E-state index is 11.9. The minimum atomic E-state index is -0.0402. The Hall–Kier alpha value is -2.16. The Morgan fingerprint density at radius 1 is 1.36 bits per heavy atom. The largest absolute Gasteiger partial charge is 0.273 e. The van der Waals surface area contributed by atoms with Gasteiger partial charge >= 0.3 is 0 Å². The molecule has 1 amide bonds. The normalized spacial score (nSPS) is 19.6. The number of benzene rings is 1. The zero-order chi connectivity index (χ0) is 15.9. The lowest BCUT2D eigenvalue weighted by Crippen LogP contribution is -2.23. The van der Waals surface area contributed by atoms with E-state index in [1.54, 1.807) is 0 Å². The molecule has 1 aliphatic carbocycles. The van der Waals surface area contributed by atoms with Crippen LogP contribution in [0.4, 0.5) is 0 Å². The smallest absolute Gasteiger partial charge is 0.240 e. The molecule has 1 aliphatic rings. The lowest BCUT2D eigenvalue weighted by Gasteiger charge is -2.22. The van der Waals surface area contributed by atoms with Crippen LogP contribution >= 0.6 is 0 Å². The number of rotatable bonds is 5. The molecule has 1 aromatic carbocycles. The second-order valence-electron chi connectivity index (χ2n) is 5.95. The SMILES string of the molecule is C=C(C)[C@@H]1CC=C(C)C(=NNC(=O)CCc2ccccc2)C1. The third-order valence-electron chi connectivity index (χ3n) is 4.10. The van der Waals surface area contributed by atoms with Crippen molar-refractivity contribution in [3.05, 3.63) is 59.7 Å². The quantitative estimate of drug-likeness (QED) is 0.647. The van der Waals surface area contributed by atoms with Gasteiger partial charge < -0.3 is 0 Å². The molecular formula is C19H24N2O. The standard InChI is InChI=1S/C19H24N2O/c1-14(2)17-11-9-15(3)18(13-17)20-21-19(22)12-10-16-7-5-4-6-8-16/h4-9,17H,1,10-13H2,2-3H3,(H,21,22)/t17-/m1/s1. The number of carbonyl (C=O) groups is 1. The summed E-state index contributed by atoms with van der Waals surface area (Å²) in [5.74, 6) is 0.394. The van der Waals surface area contributed by atoms with Crippen molar-refractivity contribution in [3.8, 4) is 0 Å². The highest BCUT2D eigenvalue weighted by Crippen LogP contribution is 2.26. The predicted molar refractivity (Wildman–Crippen MR) is 91.6 cm³/mol. The average Bonchev–Trinajstić information content (AvgIpc) is 2.53. The van der Waals surface area contributed by atoms with Crippen LogP contribution in [-0.2, 0) is 11.2 Å². The molecule has 0 aromatic heterocycles. The van der Waals surface area contributed by atoms with E-state index in [9.17, 15) is 4.79 Å². The van der Waals surface area contributed by atoms with E-state index in [0.29, 0.717) is 12.3 Å². The van der Waals surface area contributed by atoms with E-state index in [-0.39, 0.29) is 5.91 Å². The molecule has 116 valence electrons. The second-order valence-corrected chi connectivity index (χ2v) is 5.95. The Labute approximate surface area is 132 Å². The highest BCUT2D eigenvalue weighted by molar-refractivity contribution is 6.01. The van der Waals surface area contributed by atoms with Crippen molar-refractivity contribution in [1.82, 2.24) is 5.43 Å². The Morgan fingerprint density at radius 2 is 2.09 bits per heavy atom. The molecule has 3 heteroatoms. The molecule has 1 N–H and O–H groups in total. The van der Waals surface area contributed by atoms with Gasteiger partial charge in [0.1, 0.15) is 0 Å². The lowest BCUT2D eigenvalue weighted by atomic mass is 9.85. The van der Waals surface area contributed by atoms with Crippen LogP contribution in [0.15, 0.2) is 59.2 Å². The fourth-order valence-corrected chi connectivity index (χ4v) is 2.51. The zero-order valence-electron chi connectivity index (χ0n) is 13.4. The van der Waals surface area contributed by atoms with Gasteiger partial charge in [0.2, 0.25) is 5.91 Å². The van der Waals surface area contributed by atoms with Crippen LogP contribution in [0.3, 0.4) is 0 Å². The first kappa shape index (κ1) is 16.2. The number of amides is 1. The van der Waals surface area contributed by atoms with Gasteiger partial charge in [0.05, 0.1) is 5.71 Å². The minimum Gasteiger partial charge on any atom is -0.273 e. The molecule has 0 radical (unpaired) electrons. The van der Waals surface area contributed by atoms with Crippen LogP contribution in [0.1, 0.15) is 38.7 Å². The highest BCUT2D eigenvalue weighted by atomic mass is 16.2. The fraction of sp³-hybridized carbons (Fsp3) is 0.368. The van der Waals surface area contributed by atoms with Crippen molar-refractivity contribution in [1.29, 1.82) is 0 Å². The monoisotopic (exact) mass is 296 g/mol. The number of nitrogens with zero attached hydrogens (tertiary/aromatic N) is 1. The van der Waals surface area contributed by atoms with Crippen LogP contribution < -0.4 is 5.43 Å². The Bertz CT molecular complexity index is 599. The predicted octanol–water partition coefficient (Wildman–Crippen LogP) is 4.02. The van der Waals surface area contributed by atoms with Crippen molar-refractivity contribution >= 4 is 11.6 Å². The molecule has 3 nitrogen and oxygen atoms in total. The van der Waals surface area contributed by atoms with Crippen LogP contribution in [-0.4, -0.2) is 11.6 Å². The second kappa shape index (κ2) is 7.74. The first-order valence-electron chi connectivity index (χ1n) is 7.78. The topological polar surface area (TPSA) is 41.5 Å². The molecule has 1 atom stereocenters. The van der Waals surface area contributed by atoms with Gasteiger partial charge in [-0.25, -0.2) is 5.43 Å². The molecule has 0 saturated carbocycles. The Morgan fingerprint density at radius 3 is 2.77 bits per heavy atom.